The molecule has 3 heterocycles. The van der Waals surface area contributed by atoms with Crippen molar-refractivity contribution < 1.29 is 23.9 Å². The Balaban J connectivity index is 1.39. The number of nitrogens with one attached hydrogen (secondary N) is 1. The van der Waals surface area contributed by atoms with E-state index in [2.05, 4.69) is 10.3 Å². The Morgan fingerprint density at radius 1 is 0.976 bits per heavy atom. The molecule has 0 atom stereocenters. The lowest BCUT2D eigenvalue weighted by Gasteiger charge is -2.33. The summed E-state index contributed by atoms with van der Waals surface area (Å²) in [6, 6.07) is 13.4. The number of hydrogen-bond acceptors (Lipinski definition) is 7. The second kappa shape index (κ2) is 13.1. The number of carbonyl (C=O) groups is 3. The van der Waals surface area contributed by atoms with E-state index in [4.69, 9.17) is 9.47 Å². The smallest absolute Gasteiger partial charge is 0.412 e. The molecule has 1 N–H and O–H groups in total. The van der Waals surface area contributed by atoms with Gasteiger partial charge in [-0.05, 0) is 113 Å². The van der Waals surface area contributed by atoms with Gasteiger partial charge in [0.1, 0.15) is 16.9 Å². The van der Waals surface area contributed by atoms with E-state index < -0.39 is 17.3 Å². The van der Waals surface area contributed by atoms with Gasteiger partial charge in [0.05, 0.1) is 0 Å². The van der Waals surface area contributed by atoms with Crippen molar-refractivity contribution in [3.63, 3.8) is 0 Å². The number of piperidine rings is 1. The van der Waals surface area contributed by atoms with Gasteiger partial charge in [0, 0.05) is 36.3 Å². The maximum absolute atomic E-state index is 13.3. The fourth-order valence-electron chi connectivity index (χ4n) is 4.82. The number of likely N-dealkylation sites (tertiary alicyclic amines) is 1. The average molecular weight is 592 g/mol. The quantitative estimate of drug-likeness (QED) is 0.282. The third-order valence-corrected chi connectivity index (χ3v) is 7.72. The van der Waals surface area contributed by atoms with Crippen molar-refractivity contribution in [2.24, 2.45) is 5.92 Å². The number of pyridine rings is 1. The lowest BCUT2D eigenvalue weighted by molar-refractivity contribution is 0.0184. The second-order valence-electron chi connectivity index (χ2n) is 12.7. The molecule has 1 aliphatic rings. The first-order valence-corrected chi connectivity index (χ1v) is 15.3. The minimum atomic E-state index is -0.641. The maximum Gasteiger partial charge on any atom is 0.412 e. The first kappa shape index (κ1) is 31.2. The molecule has 1 aliphatic heterocycles. The lowest BCUT2D eigenvalue weighted by atomic mass is 9.90. The Bertz CT molecular complexity index is 1380. The van der Waals surface area contributed by atoms with Crippen LogP contribution in [0.5, 0.6) is 0 Å². The monoisotopic (exact) mass is 591 g/mol. The van der Waals surface area contributed by atoms with Crippen LogP contribution < -0.4 is 5.32 Å². The second-order valence-corrected chi connectivity index (χ2v) is 13.7. The first-order valence-electron chi connectivity index (χ1n) is 14.4. The minimum Gasteiger partial charge on any atom is -0.444 e. The molecule has 8 nitrogen and oxygen atoms in total. The summed E-state index contributed by atoms with van der Waals surface area (Å²) in [5.74, 6) is 0.302. The van der Waals surface area contributed by atoms with Crippen LogP contribution in [-0.2, 0) is 22.3 Å². The molecule has 0 aliphatic carbocycles. The Morgan fingerprint density at radius 2 is 1.69 bits per heavy atom. The van der Waals surface area contributed by atoms with Crippen LogP contribution in [0.4, 0.5) is 15.3 Å². The average Bonchev–Trinajstić information content (AvgIpc) is 3.43. The third kappa shape index (κ3) is 9.14. The number of ketones is 1. The van der Waals surface area contributed by atoms with Crippen molar-refractivity contribution in [2.45, 2.75) is 78.4 Å². The fourth-order valence-corrected chi connectivity index (χ4v) is 5.55. The van der Waals surface area contributed by atoms with Gasteiger partial charge in [-0.25, -0.2) is 9.59 Å². The number of ether oxygens (including phenoxy) is 2. The lowest BCUT2D eigenvalue weighted by Crippen LogP contribution is -2.42. The van der Waals surface area contributed by atoms with E-state index in [1.165, 1.54) is 0 Å². The zero-order valence-corrected chi connectivity index (χ0v) is 26.2. The number of rotatable bonds is 7. The van der Waals surface area contributed by atoms with Gasteiger partial charge in [0.15, 0.2) is 5.78 Å². The van der Waals surface area contributed by atoms with Crippen molar-refractivity contribution >= 4 is 35.0 Å². The van der Waals surface area contributed by atoms with Crippen LogP contribution in [0.1, 0.15) is 76.0 Å². The molecular formula is C33H41N3O5S. The summed E-state index contributed by atoms with van der Waals surface area (Å²) >= 11 is 1.61. The molecule has 1 fully saturated rings. The Morgan fingerprint density at radius 3 is 2.29 bits per heavy atom. The Kier molecular flexibility index (Phi) is 9.71. The van der Waals surface area contributed by atoms with E-state index in [0.29, 0.717) is 36.0 Å². The molecule has 4 rings (SSSR count). The molecule has 2 amide bonds. The maximum atomic E-state index is 13.3. The highest BCUT2D eigenvalue weighted by molar-refractivity contribution is 7.13. The predicted octanol–water partition coefficient (Wildman–Crippen LogP) is 7.77. The molecule has 0 unspecified atom stereocenters. The van der Waals surface area contributed by atoms with Crippen LogP contribution in [0, 0.1) is 5.92 Å². The van der Waals surface area contributed by atoms with Crippen LogP contribution in [0.15, 0.2) is 54.0 Å². The van der Waals surface area contributed by atoms with Crippen LogP contribution in [0.2, 0.25) is 0 Å². The number of nitrogens with zero attached hydrogens (tertiary/aromatic N) is 2. The fraction of sp³-hybridized carbons (Fsp3) is 0.455. The molecule has 0 radical (unpaired) electrons. The highest BCUT2D eigenvalue weighted by atomic mass is 32.1. The van der Waals surface area contributed by atoms with Crippen LogP contribution in [-0.4, -0.2) is 52.1 Å². The molecule has 2 aromatic heterocycles. The summed E-state index contributed by atoms with van der Waals surface area (Å²) in [5, 5.41) is 4.81. The Hall–Kier alpha value is -3.72. The topological polar surface area (TPSA) is 97.8 Å². The summed E-state index contributed by atoms with van der Waals surface area (Å²) in [7, 11) is 0. The molecule has 0 bridgehead atoms. The molecule has 0 spiro atoms. The summed E-state index contributed by atoms with van der Waals surface area (Å²) in [5.41, 5.74) is 2.51. The third-order valence-electron chi connectivity index (χ3n) is 6.80. The highest BCUT2D eigenvalue weighted by Crippen LogP contribution is 2.30. The predicted molar refractivity (Wildman–Crippen MR) is 166 cm³/mol. The number of benzene rings is 1. The van der Waals surface area contributed by atoms with E-state index >= 15 is 0 Å². The number of carbonyl (C=O) groups excluding carboxylic acids is 3. The summed E-state index contributed by atoms with van der Waals surface area (Å²) < 4.78 is 10.9. The zero-order valence-electron chi connectivity index (χ0n) is 25.4. The number of hydrogen-bond donors (Lipinski definition) is 1. The van der Waals surface area contributed by atoms with Crippen molar-refractivity contribution in [3.05, 3.63) is 70.9 Å². The highest BCUT2D eigenvalue weighted by Gasteiger charge is 2.27. The van der Waals surface area contributed by atoms with Crippen LogP contribution in [0.3, 0.4) is 0 Å². The normalized spacial score (nSPS) is 14.4. The largest absolute Gasteiger partial charge is 0.444 e. The van der Waals surface area contributed by atoms with E-state index in [-0.39, 0.29) is 18.3 Å². The van der Waals surface area contributed by atoms with Gasteiger partial charge in [0.25, 0.3) is 0 Å². The number of aromatic nitrogens is 1. The summed E-state index contributed by atoms with van der Waals surface area (Å²) in [6.07, 6.45) is 3.67. The molecule has 3 aromatic rings. The van der Waals surface area contributed by atoms with Crippen LogP contribution >= 0.6 is 11.3 Å². The van der Waals surface area contributed by atoms with Gasteiger partial charge in [0.2, 0.25) is 0 Å². The van der Waals surface area contributed by atoms with Gasteiger partial charge in [-0.3, -0.25) is 15.1 Å². The molecule has 1 aromatic carbocycles. The summed E-state index contributed by atoms with van der Waals surface area (Å²) in [6.45, 7) is 12.4. The summed E-state index contributed by atoms with van der Waals surface area (Å²) in [4.78, 5) is 45.5. The van der Waals surface area contributed by atoms with Crippen molar-refractivity contribution in [1.82, 2.24) is 9.88 Å². The molecule has 42 heavy (non-hydrogen) atoms. The molecule has 1 saturated heterocycles. The van der Waals surface area contributed by atoms with E-state index in [0.717, 1.165) is 35.3 Å². The SMILES string of the molecule is CC(C)(C)OC(=O)Nc1ccc(-c2cccs2)cc1CC(=O)c1ccc(CC2CCN(C(=O)OC(C)(C)C)CC2)cn1. The molecule has 224 valence electrons. The molecular weight excluding hydrogens is 550 g/mol. The van der Waals surface area contributed by atoms with E-state index in [9.17, 15) is 14.4 Å². The van der Waals surface area contributed by atoms with Gasteiger partial charge >= 0.3 is 12.2 Å². The molecule has 9 heteroatoms. The van der Waals surface area contributed by atoms with E-state index in [1.54, 1.807) is 49.3 Å². The van der Waals surface area contributed by atoms with Crippen molar-refractivity contribution in [2.75, 3.05) is 18.4 Å². The standard InChI is InChI=1S/C33H41N3O5S/c1-32(2,3)40-30(38)35-26-12-10-24(29-8-7-17-42-29)19-25(26)20-28(37)27-11-9-23(21-34-27)18-22-13-15-36(16-14-22)31(39)41-33(4,5)6/h7-12,17,19,21-22H,13-16,18,20H2,1-6H3,(H,35,38). The number of amides is 2. The number of thiophene rings is 1. The first-order chi connectivity index (χ1) is 19.8. The van der Waals surface area contributed by atoms with Crippen molar-refractivity contribution in [1.29, 1.82) is 0 Å². The van der Waals surface area contributed by atoms with Crippen molar-refractivity contribution in [3.8, 4) is 10.4 Å². The van der Waals surface area contributed by atoms with Gasteiger partial charge in [-0.15, -0.1) is 11.3 Å². The van der Waals surface area contributed by atoms with Crippen LogP contribution in [0.25, 0.3) is 10.4 Å². The van der Waals surface area contributed by atoms with Gasteiger partial charge in [-0.1, -0.05) is 18.2 Å². The van der Waals surface area contributed by atoms with E-state index in [1.807, 2.05) is 62.5 Å². The minimum absolute atomic E-state index is 0.0832. The Labute approximate surface area is 252 Å². The number of anilines is 1. The zero-order chi connectivity index (χ0) is 30.5. The van der Waals surface area contributed by atoms with Gasteiger partial charge < -0.3 is 14.4 Å². The van der Waals surface area contributed by atoms with Gasteiger partial charge in [-0.2, -0.15) is 0 Å². The molecule has 0 saturated carbocycles. The number of Topliss-reactive ketones (excluding diaryl/α,β-unsaturated/α-hetero) is 1.